The molecule has 2 bridgehead atoms. The highest BCUT2D eigenvalue weighted by Crippen LogP contribution is 2.20. The highest BCUT2D eigenvalue weighted by atomic mass is 32.2. The van der Waals surface area contributed by atoms with Crippen LogP contribution < -0.4 is 4.31 Å². The fourth-order valence-corrected chi connectivity index (χ4v) is 3.67. The lowest BCUT2D eigenvalue weighted by Gasteiger charge is -2.22. The van der Waals surface area contributed by atoms with Gasteiger partial charge in [0.25, 0.3) is 0 Å². The van der Waals surface area contributed by atoms with E-state index in [1.165, 1.54) is 16.1 Å². The van der Waals surface area contributed by atoms with Gasteiger partial charge in [0.1, 0.15) is 0 Å². The lowest BCUT2D eigenvalue weighted by Crippen LogP contribution is -2.30. The van der Waals surface area contributed by atoms with Crippen LogP contribution in [-0.2, 0) is 16.4 Å². The van der Waals surface area contributed by atoms with Gasteiger partial charge in [0.15, 0.2) is 0 Å². The van der Waals surface area contributed by atoms with Crippen molar-refractivity contribution in [2.24, 2.45) is 4.99 Å². The third kappa shape index (κ3) is 5.44. The maximum absolute atomic E-state index is 12.0. The minimum Gasteiger partial charge on any atom is -0.298 e. The lowest BCUT2D eigenvalue weighted by molar-refractivity contribution is 0.590. The molecule has 0 aromatic heterocycles. The number of anilines is 1. The summed E-state index contributed by atoms with van der Waals surface area (Å²) in [4.78, 5) is 4.44. The molecule has 3 rings (SSSR count). The van der Waals surface area contributed by atoms with Gasteiger partial charge >= 0.3 is 0 Å². The second kappa shape index (κ2) is 8.32. The minimum atomic E-state index is -3.22. The maximum atomic E-state index is 12.0. The standard InChI is InChI=1S/C17H26N2O2S/c1-22(20,21)19-15-7-3-2-5-13-18-14-6-4-8-16-9-11-17(19)12-10-16/h9-12,14H,2-8,13,15H2,1H3. The first kappa shape index (κ1) is 17.0. The SMILES string of the molecule is CS(=O)(=O)N1CCCCCCN=CCCCc2ccc1cc2. The van der Waals surface area contributed by atoms with Gasteiger partial charge in [-0.05, 0) is 56.0 Å². The Hall–Kier alpha value is -1.36. The van der Waals surface area contributed by atoms with E-state index in [0.29, 0.717) is 6.54 Å². The van der Waals surface area contributed by atoms with Crippen molar-refractivity contribution < 1.29 is 8.42 Å². The van der Waals surface area contributed by atoms with Crippen LogP contribution in [0.15, 0.2) is 29.3 Å². The summed E-state index contributed by atoms with van der Waals surface area (Å²) >= 11 is 0. The Morgan fingerprint density at radius 1 is 1.00 bits per heavy atom. The van der Waals surface area contributed by atoms with Crippen molar-refractivity contribution in [3.05, 3.63) is 29.8 Å². The number of sulfonamides is 1. The normalized spacial score (nSPS) is 18.5. The highest BCUT2D eigenvalue weighted by molar-refractivity contribution is 7.92. The van der Waals surface area contributed by atoms with Crippen LogP contribution in [0.25, 0.3) is 0 Å². The fraction of sp³-hybridized carbons (Fsp3) is 0.588. The molecular weight excluding hydrogens is 296 g/mol. The summed E-state index contributed by atoms with van der Waals surface area (Å²) in [5, 5.41) is 0. The summed E-state index contributed by atoms with van der Waals surface area (Å²) in [5.74, 6) is 0. The average molecular weight is 322 g/mol. The molecule has 0 fully saturated rings. The molecule has 122 valence electrons. The van der Waals surface area contributed by atoms with Crippen LogP contribution in [0, 0.1) is 0 Å². The zero-order chi connectivity index (χ0) is 15.8. The third-order valence-electron chi connectivity index (χ3n) is 3.95. The predicted octanol–water partition coefficient (Wildman–Crippen LogP) is 3.42. The molecule has 1 aromatic rings. The molecule has 0 saturated heterocycles. The monoisotopic (exact) mass is 322 g/mol. The molecule has 0 N–H and O–H groups in total. The molecule has 0 radical (unpaired) electrons. The molecule has 0 spiro atoms. The Labute approximate surface area is 134 Å². The van der Waals surface area contributed by atoms with Gasteiger partial charge in [0, 0.05) is 13.1 Å². The van der Waals surface area contributed by atoms with E-state index in [0.717, 1.165) is 57.2 Å². The van der Waals surface area contributed by atoms with Crippen molar-refractivity contribution >= 4 is 21.9 Å². The number of benzene rings is 1. The average Bonchev–Trinajstić information content (AvgIpc) is 2.47. The van der Waals surface area contributed by atoms with Gasteiger partial charge in [-0.2, -0.15) is 0 Å². The largest absolute Gasteiger partial charge is 0.298 e. The molecule has 0 amide bonds. The summed E-state index contributed by atoms with van der Waals surface area (Å²) in [7, 11) is -3.22. The smallest absolute Gasteiger partial charge is 0.232 e. The summed E-state index contributed by atoms with van der Waals surface area (Å²) in [6.45, 7) is 1.45. The van der Waals surface area contributed by atoms with Crippen molar-refractivity contribution in [3.8, 4) is 0 Å². The molecule has 2 aliphatic heterocycles. The van der Waals surface area contributed by atoms with Crippen molar-refractivity contribution in [1.29, 1.82) is 0 Å². The summed E-state index contributed by atoms with van der Waals surface area (Å²) < 4.78 is 25.6. The first-order valence-electron chi connectivity index (χ1n) is 8.12. The summed E-state index contributed by atoms with van der Waals surface area (Å²) in [5.41, 5.74) is 2.03. The molecular formula is C17H26N2O2S. The Morgan fingerprint density at radius 2 is 1.73 bits per heavy atom. The van der Waals surface area contributed by atoms with Crippen molar-refractivity contribution in [2.45, 2.75) is 44.9 Å². The topological polar surface area (TPSA) is 49.7 Å². The van der Waals surface area contributed by atoms with Gasteiger partial charge in [-0.25, -0.2) is 8.42 Å². The van der Waals surface area contributed by atoms with Gasteiger partial charge in [-0.1, -0.05) is 25.0 Å². The van der Waals surface area contributed by atoms with Crippen LogP contribution in [0.5, 0.6) is 0 Å². The van der Waals surface area contributed by atoms with Gasteiger partial charge in [0.05, 0.1) is 11.9 Å². The van der Waals surface area contributed by atoms with E-state index in [1.807, 2.05) is 30.5 Å². The first-order valence-corrected chi connectivity index (χ1v) is 9.97. The number of aryl methyl sites for hydroxylation is 1. The van der Waals surface area contributed by atoms with E-state index in [4.69, 9.17) is 0 Å². The van der Waals surface area contributed by atoms with Crippen LogP contribution in [0.3, 0.4) is 0 Å². The molecule has 22 heavy (non-hydrogen) atoms. The molecule has 0 aliphatic carbocycles. The van der Waals surface area contributed by atoms with Crippen LogP contribution >= 0.6 is 0 Å². The maximum Gasteiger partial charge on any atom is 0.232 e. The van der Waals surface area contributed by atoms with E-state index >= 15 is 0 Å². The minimum absolute atomic E-state index is 0.557. The van der Waals surface area contributed by atoms with Gasteiger partial charge < -0.3 is 0 Å². The Kier molecular flexibility index (Phi) is 6.43. The van der Waals surface area contributed by atoms with Crippen molar-refractivity contribution in [1.82, 2.24) is 0 Å². The zero-order valence-electron chi connectivity index (χ0n) is 13.4. The number of hydrogen-bond donors (Lipinski definition) is 0. The second-order valence-electron chi connectivity index (χ2n) is 5.90. The first-order chi connectivity index (χ1) is 10.6. The predicted molar refractivity (Wildman–Crippen MR) is 93.4 cm³/mol. The molecule has 0 unspecified atom stereocenters. The number of aliphatic imine (C=N–C) groups is 1. The highest BCUT2D eigenvalue weighted by Gasteiger charge is 2.16. The van der Waals surface area contributed by atoms with Crippen LogP contribution in [-0.4, -0.2) is 34.0 Å². The van der Waals surface area contributed by atoms with E-state index in [1.54, 1.807) is 0 Å². The molecule has 1 aromatic carbocycles. The zero-order valence-corrected chi connectivity index (χ0v) is 14.2. The third-order valence-corrected chi connectivity index (χ3v) is 5.14. The van der Waals surface area contributed by atoms with E-state index in [2.05, 4.69) is 4.99 Å². The summed E-state index contributed by atoms with van der Waals surface area (Å²) in [6.07, 6.45) is 10.6. The lowest BCUT2D eigenvalue weighted by atomic mass is 10.1. The van der Waals surface area contributed by atoms with E-state index < -0.39 is 10.0 Å². The molecule has 2 aliphatic rings. The quantitative estimate of drug-likeness (QED) is 0.795. The van der Waals surface area contributed by atoms with Gasteiger partial charge in [0.2, 0.25) is 10.0 Å². The summed E-state index contributed by atoms with van der Waals surface area (Å²) in [6, 6.07) is 7.93. The Bertz CT molecular complexity index is 579. The molecule has 0 atom stereocenters. The Morgan fingerprint density at radius 3 is 2.45 bits per heavy atom. The molecule has 4 nitrogen and oxygen atoms in total. The van der Waals surface area contributed by atoms with Crippen LogP contribution in [0.1, 0.15) is 44.1 Å². The van der Waals surface area contributed by atoms with Crippen molar-refractivity contribution in [3.63, 3.8) is 0 Å². The van der Waals surface area contributed by atoms with E-state index in [9.17, 15) is 8.42 Å². The van der Waals surface area contributed by atoms with E-state index in [-0.39, 0.29) is 0 Å². The van der Waals surface area contributed by atoms with Gasteiger partial charge in [-0.15, -0.1) is 0 Å². The van der Waals surface area contributed by atoms with Gasteiger partial charge in [-0.3, -0.25) is 9.30 Å². The van der Waals surface area contributed by atoms with Crippen LogP contribution in [0.2, 0.25) is 0 Å². The fourth-order valence-electron chi connectivity index (χ4n) is 2.71. The number of fused-ring (bicyclic) bond motifs is 12. The number of rotatable bonds is 1. The van der Waals surface area contributed by atoms with Crippen LogP contribution in [0.4, 0.5) is 5.69 Å². The number of hydrogen-bond acceptors (Lipinski definition) is 3. The molecule has 5 heteroatoms. The molecule has 0 saturated carbocycles. The molecule has 2 heterocycles. The Balaban J connectivity index is 2.14. The van der Waals surface area contributed by atoms with Crippen molar-refractivity contribution in [2.75, 3.05) is 23.7 Å². The second-order valence-corrected chi connectivity index (χ2v) is 7.80. The number of nitrogens with zero attached hydrogens (tertiary/aromatic N) is 2.